The molecule has 0 aromatic carbocycles. The Labute approximate surface area is 97.1 Å². The van der Waals surface area contributed by atoms with Crippen molar-refractivity contribution in [3.05, 3.63) is 0 Å². The number of ether oxygens (including phenoxy) is 1. The van der Waals surface area contributed by atoms with Crippen molar-refractivity contribution < 1.29 is 18.3 Å². The SMILES string of the molecule is B[C@@H]1O[C@H](CC)[C@@H](OP(=O)(S)OC)[C@@H]1C. The van der Waals surface area contributed by atoms with Crippen molar-refractivity contribution in [3.63, 3.8) is 0 Å². The molecule has 0 aliphatic carbocycles. The summed E-state index contributed by atoms with van der Waals surface area (Å²) in [5.74, 6) is 0.200. The van der Waals surface area contributed by atoms with Crippen molar-refractivity contribution in [2.24, 2.45) is 5.92 Å². The van der Waals surface area contributed by atoms with Crippen molar-refractivity contribution >= 4 is 26.9 Å². The summed E-state index contributed by atoms with van der Waals surface area (Å²) in [6, 6.07) is 0.116. The van der Waals surface area contributed by atoms with Crippen LogP contribution < -0.4 is 0 Å². The van der Waals surface area contributed by atoms with E-state index in [4.69, 9.17) is 13.8 Å². The molecule has 15 heavy (non-hydrogen) atoms. The third-order valence-corrected chi connectivity index (χ3v) is 4.65. The molecular weight excluding hydrogens is 234 g/mol. The zero-order chi connectivity index (χ0) is 11.6. The number of rotatable bonds is 4. The second-order valence-electron chi connectivity index (χ2n) is 3.87. The normalized spacial score (nSPS) is 40.3. The van der Waals surface area contributed by atoms with E-state index in [9.17, 15) is 4.57 Å². The van der Waals surface area contributed by atoms with Gasteiger partial charge in [-0.1, -0.05) is 26.1 Å². The molecule has 1 heterocycles. The lowest BCUT2D eigenvalue weighted by Gasteiger charge is -2.23. The Hall–Kier alpha value is 0.525. The van der Waals surface area contributed by atoms with Crippen LogP contribution in [0.2, 0.25) is 0 Å². The van der Waals surface area contributed by atoms with E-state index >= 15 is 0 Å². The summed E-state index contributed by atoms with van der Waals surface area (Å²) in [6.07, 6.45) is 0.607. The highest BCUT2D eigenvalue weighted by Crippen LogP contribution is 2.55. The predicted octanol–water partition coefficient (Wildman–Crippen LogP) is 1.46. The van der Waals surface area contributed by atoms with E-state index in [1.165, 1.54) is 7.11 Å². The van der Waals surface area contributed by atoms with Gasteiger partial charge in [-0.3, -0.25) is 4.52 Å². The van der Waals surface area contributed by atoms with E-state index < -0.39 is 6.80 Å². The molecule has 4 nitrogen and oxygen atoms in total. The average molecular weight is 252 g/mol. The van der Waals surface area contributed by atoms with E-state index in [2.05, 4.69) is 12.2 Å². The molecule has 1 saturated heterocycles. The highest BCUT2D eigenvalue weighted by molar-refractivity contribution is 8.44. The van der Waals surface area contributed by atoms with Gasteiger partial charge in [0.05, 0.1) is 12.2 Å². The van der Waals surface area contributed by atoms with E-state index in [0.29, 0.717) is 0 Å². The molecule has 1 aliphatic rings. The number of thiol groups is 1. The molecule has 88 valence electrons. The molecule has 7 heteroatoms. The lowest BCUT2D eigenvalue weighted by molar-refractivity contribution is 0.0364. The first kappa shape index (κ1) is 13.6. The summed E-state index contributed by atoms with van der Waals surface area (Å²) >= 11 is 3.87. The van der Waals surface area contributed by atoms with Gasteiger partial charge in [0, 0.05) is 19.0 Å². The monoisotopic (exact) mass is 252 g/mol. The van der Waals surface area contributed by atoms with Crippen LogP contribution in [0.3, 0.4) is 0 Å². The van der Waals surface area contributed by atoms with Crippen molar-refractivity contribution in [1.29, 1.82) is 0 Å². The molecule has 0 bridgehead atoms. The Morgan fingerprint density at radius 3 is 2.67 bits per heavy atom. The molecule has 5 atom stereocenters. The topological polar surface area (TPSA) is 44.8 Å². The minimum Gasteiger partial charge on any atom is -0.381 e. The first-order chi connectivity index (χ1) is 6.91. The molecule has 1 fully saturated rings. The van der Waals surface area contributed by atoms with Crippen molar-refractivity contribution in [2.45, 2.75) is 38.5 Å². The third kappa shape index (κ3) is 3.24. The quantitative estimate of drug-likeness (QED) is 0.467. The molecule has 0 spiro atoms. The minimum atomic E-state index is -3.22. The summed E-state index contributed by atoms with van der Waals surface area (Å²) < 4.78 is 27.4. The standard InChI is InChI=1S/C8H18BO4PS/c1-4-6-7(5(2)8(9)12-6)13-14(10,15)11-3/h5-8H,4,9H2,1-3H3,(H,10,15)/t5-,6+,7-,8+,14?/m0/s1. The first-order valence-electron chi connectivity index (χ1n) is 5.13. The van der Waals surface area contributed by atoms with E-state index in [1.54, 1.807) is 0 Å². The number of hydrogen-bond donors (Lipinski definition) is 1. The van der Waals surface area contributed by atoms with E-state index in [0.717, 1.165) is 6.42 Å². The van der Waals surface area contributed by atoms with Crippen LogP contribution >= 0.6 is 19.0 Å². The van der Waals surface area contributed by atoms with Crippen molar-refractivity contribution in [1.82, 2.24) is 0 Å². The highest BCUT2D eigenvalue weighted by Gasteiger charge is 2.42. The van der Waals surface area contributed by atoms with E-state index in [-0.39, 0.29) is 24.1 Å². The van der Waals surface area contributed by atoms with Gasteiger partial charge in [0.25, 0.3) is 0 Å². The summed E-state index contributed by atoms with van der Waals surface area (Å²) in [5, 5.41) is 0. The maximum Gasteiger partial charge on any atom is 0.386 e. The maximum absolute atomic E-state index is 11.6. The molecular formula is C8H18BO4PS. The van der Waals surface area contributed by atoms with Gasteiger partial charge in [0.2, 0.25) is 0 Å². The second-order valence-corrected chi connectivity index (χ2v) is 6.85. The zero-order valence-electron chi connectivity index (χ0n) is 9.54. The summed E-state index contributed by atoms with van der Waals surface area (Å²) in [5.41, 5.74) is 0. The Balaban J connectivity index is 2.70. The van der Waals surface area contributed by atoms with Gasteiger partial charge in [0.1, 0.15) is 7.85 Å². The fraction of sp³-hybridized carbons (Fsp3) is 1.00. The Kier molecular flexibility index (Phi) is 4.74. The molecule has 0 radical (unpaired) electrons. The van der Waals surface area contributed by atoms with E-state index in [1.807, 2.05) is 21.7 Å². The van der Waals surface area contributed by atoms with Gasteiger partial charge in [-0.2, -0.15) is 0 Å². The van der Waals surface area contributed by atoms with Crippen LogP contribution in [-0.2, 0) is 18.3 Å². The summed E-state index contributed by atoms with van der Waals surface area (Å²) in [6.45, 7) is 0.816. The summed E-state index contributed by atoms with van der Waals surface area (Å²) in [4.78, 5) is 0. The molecule has 1 aliphatic heterocycles. The van der Waals surface area contributed by atoms with Gasteiger partial charge in [0.15, 0.2) is 0 Å². The lowest BCUT2D eigenvalue weighted by Crippen LogP contribution is -2.27. The minimum absolute atomic E-state index is 0.0226. The zero-order valence-corrected chi connectivity index (χ0v) is 11.3. The largest absolute Gasteiger partial charge is 0.386 e. The molecule has 0 aromatic heterocycles. The van der Waals surface area contributed by atoms with Gasteiger partial charge < -0.3 is 9.26 Å². The maximum atomic E-state index is 11.6. The fourth-order valence-corrected chi connectivity index (χ4v) is 2.82. The summed E-state index contributed by atoms with van der Waals surface area (Å²) in [7, 11) is 3.32. The van der Waals surface area contributed by atoms with Crippen LogP contribution in [0.5, 0.6) is 0 Å². The Morgan fingerprint density at radius 1 is 1.60 bits per heavy atom. The predicted molar refractivity (Wildman–Crippen MR) is 65.1 cm³/mol. The van der Waals surface area contributed by atoms with Gasteiger partial charge in [-0.15, -0.1) is 0 Å². The van der Waals surface area contributed by atoms with Crippen LogP contribution in [-0.4, -0.2) is 33.2 Å². The van der Waals surface area contributed by atoms with Crippen LogP contribution in [0.25, 0.3) is 0 Å². The molecule has 0 aromatic rings. The molecule has 0 N–H and O–H groups in total. The van der Waals surface area contributed by atoms with Crippen molar-refractivity contribution in [2.75, 3.05) is 7.11 Å². The molecule has 0 saturated carbocycles. The highest BCUT2D eigenvalue weighted by atomic mass is 32.7. The van der Waals surface area contributed by atoms with Crippen LogP contribution in [0.4, 0.5) is 0 Å². The lowest BCUT2D eigenvalue weighted by atomic mass is 9.86. The Bertz CT molecular complexity index is 265. The van der Waals surface area contributed by atoms with Crippen LogP contribution in [0.15, 0.2) is 0 Å². The third-order valence-electron chi connectivity index (χ3n) is 2.90. The first-order valence-corrected chi connectivity index (χ1v) is 7.83. The molecule has 0 amide bonds. The van der Waals surface area contributed by atoms with Crippen LogP contribution in [0, 0.1) is 5.92 Å². The number of hydrogen-bond acceptors (Lipinski definition) is 4. The average Bonchev–Trinajstić information content (AvgIpc) is 2.45. The van der Waals surface area contributed by atoms with Crippen molar-refractivity contribution in [3.8, 4) is 0 Å². The fourth-order valence-electron chi connectivity index (χ4n) is 1.77. The van der Waals surface area contributed by atoms with Gasteiger partial charge in [-0.05, 0) is 6.42 Å². The second kappa shape index (κ2) is 5.24. The van der Waals surface area contributed by atoms with Gasteiger partial charge >= 0.3 is 6.80 Å². The molecule has 1 rings (SSSR count). The van der Waals surface area contributed by atoms with Crippen LogP contribution in [0.1, 0.15) is 20.3 Å². The smallest absolute Gasteiger partial charge is 0.381 e. The van der Waals surface area contributed by atoms with Gasteiger partial charge in [-0.25, -0.2) is 4.57 Å². The molecule has 1 unspecified atom stereocenters. The Morgan fingerprint density at radius 2 is 2.20 bits per heavy atom.